The van der Waals surface area contributed by atoms with Crippen molar-refractivity contribution in [3.63, 3.8) is 0 Å². The van der Waals surface area contributed by atoms with Gasteiger partial charge >= 0.3 is 5.91 Å². The average Bonchev–Trinajstić information content (AvgIpc) is 3.29. The van der Waals surface area contributed by atoms with Gasteiger partial charge in [0.05, 0.1) is 16.8 Å². The van der Waals surface area contributed by atoms with Crippen LogP contribution in [0.25, 0.3) is 21.2 Å². The highest BCUT2D eigenvalue weighted by molar-refractivity contribution is 7.98. The van der Waals surface area contributed by atoms with Gasteiger partial charge in [0.2, 0.25) is 0 Å². The number of aromatic nitrogens is 1. The summed E-state index contributed by atoms with van der Waals surface area (Å²) in [5.74, 6) is 1.42. The lowest BCUT2D eigenvalue weighted by Crippen LogP contribution is -2.18. The Morgan fingerprint density at radius 3 is 2.87 bits per heavy atom. The number of carbonyl (C=O) groups excluding carboxylic acids is 1. The number of rotatable bonds is 6. The molecule has 0 radical (unpaired) electrons. The van der Waals surface area contributed by atoms with Crippen LogP contribution in [0.2, 0.25) is 0 Å². The summed E-state index contributed by atoms with van der Waals surface area (Å²) in [6, 6.07) is 11.7. The van der Waals surface area contributed by atoms with E-state index in [1.807, 2.05) is 25.1 Å². The summed E-state index contributed by atoms with van der Waals surface area (Å²) in [6.45, 7) is 7.44. The van der Waals surface area contributed by atoms with E-state index in [0.29, 0.717) is 22.7 Å². The first-order valence-electron chi connectivity index (χ1n) is 9.85. The van der Waals surface area contributed by atoms with Gasteiger partial charge in [0.1, 0.15) is 0 Å². The molecule has 0 spiro atoms. The predicted molar refractivity (Wildman–Crippen MR) is 125 cm³/mol. The minimum atomic E-state index is -0.382. The maximum atomic E-state index is 13.0. The smallest absolute Gasteiger partial charge is 0.315 e. The van der Waals surface area contributed by atoms with Gasteiger partial charge in [-0.2, -0.15) is 16.8 Å². The Bertz CT molecular complexity index is 1300. The molecule has 1 amide bonds. The molecular weight excluding hydrogens is 416 g/mol. The standard InChI is InChI=1S/C23H24N2O3S2/c1-5-27-18-8-6-7-16-13-19(28-20(16)18)22(26)24-23-25(9-10-29-4)17-12-14(2)11-15(3)21(17)30-23/h6-8,11-13H,5,9-10H2,1-4H3. The Balaban J connectivity index is 1.82. The van der Waals surface area contributed by atoms with Crippen molar-refractivity contribution in [2.24, 2.45) is 4.99 Å². The lowest BCUT2D eigenvalue weighted by Gasteiger charge is -2.05. The van der Waals surface area contributed by atoms with Crippen LogP contribution in [0.4, 0.5) is 0 Å². The van der Waals surface area contributed by atoms with Crippen LogP contribution in [-0.2, 0) is 6.54 Å². The number of thioether (sulfide) groups is 1. The van der Waals surface area contributed by atoms with Crippen molar-refractivity contribution >= 4 is 50.2 Å². The van der Waals surface area contributed by atoms with E-state index in [2.05, 4.69) is 41.8 Å². The van der Waals surface area contributed by atoms with Gasteiger partial charge in [-0.1, -0.05) is 29.5 Å². The van der Waals surface area contributed by atoms with Crippen LogP contribution in [0.15, 0.2) is 45.8 Å². The van der Waals surface area contributed by atoms with Crippen LogP contribution < -0.4 is 9.54 Å². The molecule has 0 unspecified atom stereocenters. The summed E-state index contributed by atoms with van der Waals surface area (Å²) in [6.07, 6.45) is 2.08. The average molecular weight is 441 g/mol. The fraction of sp³-hybridized carbons (Fsp3) is 0.304. The topological polar surface area (TPSA) is 56.7 Å². The molecule has 0 N–H and O–H groups in total. The highest BCUT2D eigenvalue weighted by Crippen LogP contribution is 2.29. The molecule has 0 saturated carbocycles. The van der Waals surface area contributed by atoms with Gasteiger partial charge in [-0.25, -0.2) is 0 Å². The van der Waals surface area contributed by atoms with Gasteiger partial charge in [0.25, 0.3) is 0 Å². The zero-order chi connectivity index (χ0) is 21.3. The van der Waals surface area contributed by atoms with Crippen LogP contribution in [0.5, 0.6) is 5.75 Å². The van der Waals surface area contributed by atoms with E-state index < -0.39 is 0 Å². The molecular formula is C23H24N2O3S2. The second-order valence-electron chi connectivity index (χ2n) is 7.09. The Kier molecular flexibility index (Phi) is 6.01. The third kappa shape index (κ3) is 3.91. The third-order valence-corrected chi connectivity index (χ3v) is 6.67. The SMILES string of the molecule is CCOc1cccc2cc(C(=O)N=c3sc4c(C)cc(C)cc4n3CCSC)oc12. The van der Waals surface area contributed by atoms with Crippen molar-refractivity contribution in [2.75, 3.05) is 18.6 Å². The number of para-hydroxylation sites is 1. The van der Waals surface area contributed by atoms with Crippen molar-refractivity contribution < 1.29 is 13.9 Å². The number of thiazole rings is 1. The molecule has 0 bridgehead atoms. The molecule has 4 rings (SSSR count). The fourth-order valence-corrected chi connectivity index (χ4v) is 5.02. The summed E-state index contributed by atoms with van der Waals surface area (Å²) >= 11 is 3.33. The highest BCUT2D eigenvalue weighted by Gasteiger charge is 2.16. The van der Waals surface area contributed by atoms with Crippen LogP contribution in [0.3, 0.4) is 0 Å². The van der Waals surface area contributed by atoms with Crippen molar-refractivity contribution in [1.82, 2.24) is 4.57 Å². The highest BCUT2D eigenvalue weighted by atomic mass is 32.2. The first kappa shape index (κ1) is 20.8. The molecule has 2 aromatic carbocycles. The number of benzene rings is 2. The second-order valence-corrected chi connectivity index (χ2v) is 9.06. The van der Waals surface area contributed by atoms with E-state index >= 15 is 0 Å². The third-order valence-electron chi connectivity index (χ3n) is 4.85. The molecule has 30 heavy (non-hydrogen) atoms. The molecule has 7 heteroatoms. The molecule has 2 heterocycles. The molecule has 156 valence electrons. The fourth-order valence-electron chi connectivity index (χ4n) is 3.55. The number of hydrogen-bond acceptors (Lipinski definition) is 5. The van der Waals surface area contributed by atoms with E-state index in [1.54, 1.807) is 29.2 Å². The Labute approximate surface area is 183 Å². The van der Waals surface area contributed by atoms with Crippen molar-refractivity contribution in [3.05, 3.63) is 58.1 Å². The second kappa shape index (κ2) is 8.70. The maximum Gasteiger partial charge on any atom is 0.315 e. The Morgan fingerprint density at radius 1 is 1.27 bits per heavy atom. The van der Waals surface area contributed by atoms with Gasteiger partial charge in [-0.3, -0.25) is 4.79 Å². The van der Waals surface area contributed by atoms with E-state index in [0.717, 1.165) is 27.9 Å². The minimum absolute atomic E-state index is 0.221. The summed E-state index contributed by atoms with van der Waals surface area (Å²) in [4.78, 5) is 18.2. The van der Waals surface area contributed by atoms with Crippen molar-refractivity contribution in [2.45, 2.75) is 27.3 Å². The van der Waals surface area contributed by atoms with Crippen LogP contribution in [-0.4, -0.2) is 29.1 Å². The zero-order valence-corrected chi connectivity index (χ0v) is 19.2. The van der Waals surface area contributed by atoms with Crippen molar-refractivity contribution in [3.8, 4) is 5.75 Å². The summed E-state index contributed by atoms with van der Waals surface area (Å²) in [5, 5.41) is 0.831. The van der Waals surface area contributed by atoms with Gasteiger partial charge in [0, 0.05) is 17.7 Å². The molecule has 0 aliphatic rings. The van der Waals surface area contributed by atoms with Gasteiger partial charge in [0.15, 0.2) is 21.9 Å². The van der Waals surface area contributed by atoms with E-state index in [1.165, 1.54) is 11.1 Å². The first-order valence-corrected chi connectivity index (χ1v) is 12.1. The van der Waals surface area contributed by atoms with Gasteiger partial charge in [-0.15, -0.1) is 0 Å². The van der Waals surface area contributed by atoms with Crippen LogP contribution >= 0.6 is 23.1 Å². The van der Waals surface area contributed by atoms with Gasteiger partial charge in [-0.05, 0) is 56.4 Å². The summed E-state index contributed by atoms with van der Waals surface area (Å²) in [7, 11) is 0. The monoisotopic (exact) mass is 440 g/mol. The number of carbonyl (C=O) groups is 1. The molecule has 5 nitrogen and oxygen atoms in total. The number of fused-ring (bicyclic) bond motifs is 2. The number of hydrogen-bond donors (Lipinski definition) is 0. The minimum Gasteiger partial charge on any atom is -0.490 e. The largest absolute Gasteiger partial charge is 0.490 e. The van der Waals surface area contributed by atoms with E-state index in [4.69, 9.17) is 9.15 Å². The molecule has 0 aliphatic carbocycles. The maximum absolute atomic E-state index is 13.0. The van der Waals surface area contributed by atoms with Crippen molar-refractivity contribution in [1.29, 1.82) is 0 Å². The van der Waals surface area contributed by atoms with Crippen LogP contribution in [0.1, 0.15) is 28.6 Å². The Morgan fingerprint density at radius 2 is 2.10 bits per heavy atom. The number of furan rings is 1. The Hall–Kier alpha value is -2.51. The number of ether oxygens (including phenoxy) is 1. The molecule has 0 atom stereocenters. The lowest BCUT2D eigenvalue weighted by atomic mass is 10.1. The van der Waals surface area contributed by atoms with Crippen LogP contribution in [0, 0.1) is 13.8 Å². The molecule has 2 aromatic heterocycles. The molecule has 0 fully saturated rings. The first-order chi connectivity index (χ1) is 14.5. The normalized spacial score (nSPS) is 12.2. The quantitative estimate of drug-likeness (QED) is 0.393. The molecule has 0 saturated heterocycles. The zero-order valence-electron chi connectivity index (χ0n) is 17.5. The number of amides is 1. The summed E-state index contributed by atoms with van der Waals surface area (Å²) in [5.41, 5.74) is 4.11. The molecule has 4 aromatic rings. The lowest BCUT2D eigenvalue weighted by molar-refractivity contribution is 0.0973. The number of aryl methyl sites for hydroxylation is 3. The van der Waals surface area contributed by atoms with Gasteiger partial charge < -0.3 is 13.7 Å². The van der Waals surface area contributed by atoms with E-state index in [-0.39, 0.29) is 11.7 Å². The predicted octanol–water partition coefficient (Wildman–Crippen LogP) is 5.57. The van der Waals surface area contributed by atoms with E-state index in [9.17, 15) is 4.79 Å². The molecule has 0 aliphatic heterocycles. The number of nitrogens with zero attached hydrogens (tertiary/aromatic N) is 2. The summed E-state index contributed by atoms with van der Waals surface area (Å²) < 4.78 is 14.8.